The molecule has 2 aromatic rings. The summed E-state index contributed by atoms with van der Waals surface area (Å²) >= 11 is 1.20. The number of rotatable bonds is 3. The average Bonchev–Trinajstić information content (AvgIpc) is 2.67. The molecular formula is C10H9F2N3S. The van der Waals surface area contributed by atoms with Crippen LogP contribution in [0, 0.1) is 11.6 Å². The van der Waals surface area contributed by atoms with Crippen LogP contribution in [0.5, 0.6) is 0 Å². The van der Waals surface area contributed by atoms with Crippen molar-refractivity contribution < 1.29 is 8.78 Å². The lowest BCUT2D eigenvalue weighted by Crippen LogP contribution is -2.04. The molecule has 0 bridgehead atoms. The fourth-order valence-corrected chi connectivity index (χ4v) is 2.04. The van der Waals surface area contributed by atoms with Crippen LogP contribution in [-0.4, -0.2) is 16.6 Å². The van der Waals surface area contributed by atoms with E-state index >= 15 is 0 Å². The van der Waals surface area contributed by atoms with Gasteiger partial charge in [0.05, 0.1) is 4.88 Å². The van der Waals surface area contributed by atoms with Gasteiger partial charge in [0.25, 0.3) is 0 Å². The SMILES string of the molecule is CNCc1snnc1-c1ccc(F)cc1F. The summed E-state index contributed by atoms with van der Waals surface area (Å²) in [4.78, 5) is 0.827. The maximum Gasteiger partial charge on any atom is 0.135 e. The largest absolute Gasteiger partial charge is 0.315 e. The minimum atomic E-state index is -0.620. The molecule has 84 valence electrons. The fraction of sp³-hybridized carbons (Fsp3) is 0.200. The third-order valence-corrected chi connectivity index (χ3v) is 2.80. The number of nitrogens with zero attached hydrogens (tertiary/aromatic N) is 2. The van der Waals surface area contributed by atoms with Gasteiger partial charge in [-0.25, -0.2) is 8.78 Å². The first kappa shape index (κ1) is 11.1. The maximum absolute atomic E-state index is 13.5. The monoisotopic (exact) mass is 241 g/mol. The number of halogens is 2. The predicted molar refractivity (Wildman–Crippen MR) is 58.0 cm³/mol. The maximum atomic E-state index is 13.5. The summed E-state index contributed by atoms with van der Waals surface area (Å²) in [5.41, 5.74) is 0.747. The Balaban J connectivity index is 2.46. The van der Waals surface area contributed by atoms with Crippen molar-refractivity contribution in [3.05, 3.63) is 34.7 Å². The first-order valence-corrected chi connectivity index (χ1v) is 5.41. The molecule has 0 unspecified atom stereocenters. The van der Waals surface area contributed by atoms with E-state index < -0.39 is 11.6 Å². The molecule has 0 aliphatic carbocycles. The molecule has 0 atom stereocenters. The zero-order valence-electron chi connectivity index (χ0n) is 8.50. The van der Waals surface area contributed by atoms with E-state index in [4.69, 9.17) is 0 Å². The van der Waals surface area contributed by atoms with Crippen LogP contribution in [0.4, 0.5) is 8.78 Å². The number of benzene rings is 1. The normalized spacial score (nSPS) is 10.7. The van der Waals surface area contributed by atoms with Crippen LogP contribution in [-0.2, 0) is 6.54 Å². The second kappa shape index (κ2) is 4.63. The van der Waals surface area contributed by atoms with Crippen molar-refractivity contribution in [1.82, 2.24) is 14.9 Å². The number of hydrogen-bond donors (Lipinski definition) is 1. The minimum Gasteiger partial charge on any atom is -0.315 e. The van der Waals surface area contributed by atoms with Crippen LogP contribution in [0.15, 0.2) is 18.2 Å². The van der Waals surface area contributed by atoms with Gasteiger partial charge in [-0.1, -0.05) is 4.49 Å². The molecule has 1 aromatic carbocycles. The number of aromatic nitrogens is 2. The zero-order valence-corrected chi connectivity index (χ0v) is 9.31. The highest BCUT2D eigenvalue weighted by Gasteiger charge is 2.14. The van der Waals surface area contributed by atoms with Crippen molar-refractivity contribution in [2.45, 2.75) is 6.54 Å². The van der Waals surface area contributed by atoms with Crippen molar-refractivity contribution in [2.75, 3.05) is 7.05 Å². The summed E-state index contributed by atoms with van der Waals surface area (Å²) in [7, 11) is 1.78. The van der Waals surface area contributed by atoms with Gasteiger partial charge in [0.1, 0.15) is 17.3 Å². The third kappa shape index (κ3) is 2.07. The third-order valence-electron chi connectivity index (χ3n) is 2.08. The molecule has 0 saturated carbocycles. The molecule has 1 N–H and O–H groups in total. The van der Waals surface area contributed by atoms with E-state index in [0.29, 0.717) is 12.2 Å². The summed E-state index contributed by atoms with van der Waals surface area (Å²) < 4.78 is 30.0. The van der Waals surface area contributed by atoms with Crippen molar-refractivity contribution in [3.63, 3.8) is 0 Å². The molecule has 0 fully saturated rings. The van der Waals surface area contributed by atoms with Gasteiger partial charge in [-0.3, -0.25) is 0 Å². The Labute approximate surface area is 95.3 Å². The van der Waals surface area contributed by atoms with E-state index in [1.807, 2.05) is 0 Å². The van der Waals surface area contributed by atoms with Crippen LogP contribution in [0.3, 0.4) is 0 Å². The standard InChI is InChI=1S/C10H9F2N3S/c1-13-5-9-10(14-15-16-9)7-3-2-6(11)4-8(7)12/h2-4,13H,5H2,1H3. The topological polar surface area (TPSA) is 37.8 Å². The highest BCUT2D eigenvalue weighted by atomic mass is 32.1. The van der Waals surface area contributed by atoms with Gasteiger partial charge < -0.3 is 5.32 Å². The summed E-state index contributed by atoms with van der Waals surface area (Å²) in [5.74, 6) is -1.22. The van der Waals surface area contributed by atoms with E-state index in [9.17, 15) is 8.78 Å². The molecule has 6 heteroatoms. The molecule has 0 spiro atoms. The molecular weight excluding hydrogens is 232 g/mol. The van der Waals surface area contributed by atoms with Gasteiger partial charge in [0.15, 0.2) is 0 Å². The van der Waals surface area contributed by atoms with E-state index in [1.54, 1.807) is 7.05 Å². The second-order valence-electron chi connectivity index (χ2n) is 3.20. The molecule has 1 aromatic heterocycles. The fourth-order valence-electron chi connectivity index (χ4n) is 1.37. The van der Waals surface area contributed by atoms with Crippen LogP contribution >= 0.6 is 11.5 Å². The van der Waals surface area contributed by atoms with Gasteiger partial charge in [-0.05, 0) is 30.7 Å². The smallest absolute Gasteiger partial charge is 0.135 e. The molecule has 0 radical (unpaired) electrons. The Morgan fingerprint density at radius 1 is 1.38 bits per heavy atom. The van der Waals surface area contributed by atoms with E-state index in [2.05, 4.69) is 14.9 Å². The van der Waals surface area contributed by atoms with Crippen LogP contribution in [0.25, 0.3) is 11.3 Å². The predicted octanol–water partition coefficient (Wildman–Crippen LogP) is 2.20. The van der Waals surface area contributed by atoms with Crippen molar-refractivity contribution in [1.29, 1.82) is 0 Å². The molecule has 0 aliphatic heterocycles. The lowest BCUT2D eigenvalue weighted by atomic mass is 10.1. The Morgan fingerprint density at radius 3 is 2.88 bits per heavy atom. The second-order valence-corrected chi connectivity index (χ2v) is 4.04. The first-order chi connectivity index (χ1) is 7.72. The molecule has 0 saturated heterocycles. The van der Waals surface area contributed by atoms with E-state index in [0.717, 1.165) is 10.9 Å². The Morgan fingerprint density at radius 2 is 2.19 bits per heavy atom. The van der Waals surface area contributed by atoms with Gasteiger partial charge in [-0.2, -0.15) is 0 Å². The quantitative estimate of drug-likeness (QED) is 0.895. The lowest BCUT2D eigenvalue weighted by molar-refractivity contribution is 0.585. The molecule has 3 nitrogen and oxygen atoms in total. The van der Waals surface area contributed by atoms with Crippen molar-refractivity contribution in [2.24, 2.45) is 0 Å². The van der Waals surface area contributed by atoms with Gasteiger partial charge in [0.2, 0.25) is 0 Å². The number of nitrogens with one attached hydrogen (secondary N) is 1. The van der Waals surface area contributed by atoms with E-state index in [1.165, 1.54) is 23.7 Å². The van der Waals surface area contributed by atoms with Crippen molar-refractivity contribution >= 4 is 11.5 Å². The van der Waals surface area contributed by atoms with Crippen molar-refractivity contribution in [3.8, 4) is 11.3 Å². The molecule has 16 heavy (non-hydrogen) atoms. The minimum absolute atomic E-state index is 0.278. The molecule has 2 rings (SSSR count). The van der Waals surface area contributed by atoms with Crippen LogP contribution in [0.2, 0.25) is 0 Å². The Kier molecular flexibility index (Phi) is 3.21. The summed E-state index contributed by atoms with van der Waals surface area (Å²) in [6.07, 6.45) is 0. The summed E-state index contributed by atoms with van der Waals surface area (Å²) in [6, 6.07) is 3.43. The summed E-state index contributed by atoms with van der Waals surface area (Å²) in [6.45, 7) is 0.559. The highest BCUT2D eigenvalue weighted by molar-refractivity contribution is 7.05. The average molecular weight is 241 g/mol. The van der Waals surface area contributed by atoms with Gasteiger partial charge >= 0.3 is 0 Å². The molecule has 1 heterocycles. The molecule has 0 aliphatic rings. The number of hydrogen-bond acceptors (Lipinski definition) is 4. The van der Waals surface area contributed by atoms with Crippen LogP contribution < -0.4 is 5.32 Å². The Bertz CT molecular complexity index is 499. The molecule has 0 amide bonds. The highest BCUT2D eigenvalue weighted by Crippen LogP contribution is 2.26. The lowest BCUT2D eigenvalue weighted by Gasteiger charge is -2.02. The summed E-state index contributed by atoms with van der Waals surface area (Å²) in [5, 5.41) is 6.81. The van der Waals surface area contributed by atoms with Gasteiger partial charge in [0, 0.05) is 18.2 Å². The van der Waals surface area contributed by atoms with Crippen LogP contribution in [0.1, 0.15) is 4.88 Å². The zero-order chi connectivity index (χ0) is 11.5. The first-order valence-electron chi connectivity index (χ1n) is 4.63. The van der Waals surface area contributed by atoms with Gasteiger partial charge in [-0.15, -0.1) is 5.10 Å². The van der Waals surface area contributed by atoms with E-state index in [-0.39, 0.29) is 5.56 Å². The Hall–Kier alpha value is -1.40.